The van der Waals surface area contributed by atoms with Gasteiger partial charge in [-0.15, -0.1) is 0 Å². The monoisotopic (exact) mass is 279 g/mol. The summed E-state index contributed by atoms with van der Waals surface area (Å²) in [7, 11) is 1.94. The lowest BCUT2D eigenvalue weighted by Crippen LogP contribution is -2.17. The molecule has 0 amide bonds. The van der Waals surface area contributed by atoms with Gasteiger partial charge in [0.05, 0.1) is 6.04 Å². The van der Waals surface area contributed by atoms with Crippen molar-refractivity contribution in [2.24, 2.45) is 0 Å². The summed E-state index contributed by atoms with van der Waals surface area (Å²) in [5.74, 6) is 7.76. The molecule has 1 N–H and O–H groups in total. The van der Waals surface area contributed by atoms with E-state index in [1.54, 1.807) is 0 Å². The van der Waals surface area contributed by atoms with E-state index in [4.69, 9.17) is 9.47 Å². The van der Waals surface area contributed by atoms with Crippen LogP contribution in [0.1, 0.15) is 17.2 Å². The van der Waals surface area contributed by atoms with Gasteiger partial charge in [-0.3, -0.25) is 0 Å². The second kappa shape index (κ2) is 6.34. The first-order valence-electron chi connectivity index (χ1n) is 6.97. The van der Waals surface area contributed by atoms with Gasteiger partial charge in [0.15, 0.2) is 0 Å². The van der Waals surface area contributed by atoms with Crippen LogP contribution in [0.3, 0.4) is 0 Å². The largest absolute Gasteiger partial charge is 0.491 e. The van der Waals surface area contributed by atoms with E-state index in [1.165, 1.54) is 5.56 Å². The summed E-state index contributed by atoms with van der Waals surface area (Å²) in [5.41, 5.74) is 2.18. The van der Waals surface area contributed by atoms with Gasteiger partial charge in [-0.25, -0.2) is 0 Å². The topological polar surface area (TPSA) is 30.5 Å². The zero-order valence-corrected chi connectivity index (χ0v) is 11.9. The number of hydrogen-bond donors (Lipinski definition) is 1. The smallest absolute Gasteiger partial charge is 0.149 e. The van der Waals surface area contributed by atoms with Crippen molar-refractivity contribution in [2.75, 3.05) is 20.3 Å². The molecule has 1 unspecified atom stereocenters. The number of ether oxygens (including phenoxy) is 2. The Hall–Kier alpha value is -2.44. The molecule has 1 aliphatic rings. The molecular weight excluding hydrogens is 262 g/mol. The number of rotatable bonds is 3. The van der Waals surface area contributed by atoms with Gasteiger partial charge in [-0.1, -0.05) is 30.0 Å². The highest BCUT2D eigenvalue weighted by atomic mass is 16.5. The molecule has 2 aromatic rings. The third kappa shape index (κ3) is 3.18. The molecule has 0 fully saturated rings. The van der Waals surface area contributed by atoms with Crippen LogP contribution in [0.4, 0.5) is 0 Å². The molecule has 0 spiro atoms. The summed E-state index contributed by atoms with van der Waals surface area (Å²) in [5, 5.41) is 3.22. The van der Waals surface area contributed by atoms with Crippen molar-refractivity contribution in [2.45, 2.75) is 6.04 Å². The standard InChI is InChI=1S/C18H17NO2/c1-19-17-13-21-18-12-15(9-10-16(17)18)20-11-5-8-14-6-3-2-4-7-14/h2-4,6-7,9-10,12,17,19H,11,13H2,1H3. The lowest BCUT2D eigenvalue weighted by atomic mass is 10.1. The summed E-state index contributed by atoms with van der Waals surface area (Å²) < 4.78 is 11.3. The molecule has 1 heterocycles. The van der Waals surface area contributed by atoms with Gasteiger partial charge < -0.3 is 14.8 Å². The Bertz CT molecular complexity index is 671. The third-order valence-corrected chi connectivity index (χ3v) is 3.43. The van der Waals surface area contributed by atoms with E-state index in [0.717, 1.165) is 17.1 Å². The van der Waals surface area contributed by atoms with Crippen LogP contribution in [0, 0.1) is 11.8 Å². The van der Waals surface area contributed by atoms with Crippen molar-refractivity contribution in [3.63, 3.8) is 0 Å². The first kappa shape index (κ1) is 13.5. The quantitative estimate of drug-likeness (QED) is 0.876. The fourth-order valence-corrected chi connectivity index (χ4v) is 2.30. The summed E-state index contributed by atoms with van der Waals surface area (Å²) >= 11 is 0. The molecule has 3 rings (SSSR count). The molecule has 1 aliphatic heterocycles. The predicted molar refractivity (Wildman–Crippen MR) is 82.6 cm³/mol. The Labute approximate surface area is 124 Å². The Morgan fingerprint density at radius 2 is 2.10 bits per heavy atom. The van der Waals surface area contributed by atoms with Crippen LogP contribution in [0.2, 0.25) is 0 Å². The maximum atomic E-state index is 5.65. The Kier molecular flexibility index (Phi) is 4.09. The highest BCUT2D eigenvalue weighted by Crippen LogP contribution is 2.34. The van der Waals surface area contributed by atoms with E-state index in [2.05, 4.69) is 17.2 Å². The second-order valence-electron chi connectivity index (χ2n) is 4.81. The Balaban J connectivity index is 1.61. The molecule has 0 saturated carbocycles. The molecule has 106 valence electrons. The van der Waals surface area contributed by atoms with Gasteiger partial charge in [0.1, 0.15) is 24.7 Å². The molecular formula is C18H17NO2. The van der Waals surface area contributed by atoms with Crippen LogP contribution in [-0.4, -0.2) is 20.3 Å². The minimum absolute atomic E-state index is 0.270. The van der Waals surface area contributed by atoms with Gasteiger partial charge in [0, 0.05) is 17.2 Å². The summed E-state index contributed by atoms with van der Waals surface area (Å²) in [6, 6.07) is 16.1. The van der Waals surface area contributed by atoms with Crippen molar-refractivity contribution in [3.8, 4) is 23.3 Å². The van der Waals surface area contributed by atoms with E-state index >= 15 is 0 Å². The normalized spacial score (nSPS) is 15.6. The predicted octanol–water partition coefficient (Wildman–Crippen LogP) is 2.77. The van der Waals surface area contributed by atoms with Crippen LogP contribution in [0.25, 0.3) is 0 Å². The maximum absolute atomic E-state index is 5.65. The van der Waals surface area contributed by atoms with E-state index in [0.29, 0.717) is 13.2 Å². The van der Waals surface area contributed by atoms with Crippen molar-refractivity contribution in [1.29, 1.82) is 0 Å². The van der Waals surface area contributed by atoms with Crippen LogP contribution >= 0.6 is 0 Å². The fraction of sp³-hybridized carbons (Fsp3) is 0.222. The van der Waals surface area contributed by atoms with Crippen molar-refractivity contribution in [1.82, 2.24) is 5.32 Å². The molecule has 2 aromatic carbocycles. The highest BCUT2D eigenvalue weighted by Gasteiger charge is 2.22. The maximum Gasteiger partial charge on any atom is 0.149 e. The Morgan fingerprint density at radius 1 is 1.24 bits per heavy atom. The zero-order chi connectivity index (χ0) is 14.5. The van der Waals surface area contributed by atoms with Crippen molar-refractivity contribution < 1.29 is 9.47 Å². The third-order valence-electron chi connectivity index (χ3n) is 3.43. The molecule has 21 heavy (non-hydrogen) atoms. The average Bonchev–Trinajstić information content (AvgIpc) is 2.95. The van der Waals surface area contributed by atoms with E-state index in [1.807, 2.05) is 55.6 Å². The summed E-state index contributed by atoms with van der Waals surface area (Å²) in [4.78, 5) is 0. The number of benzene rings is 2. The van der Waals surface area contributed by atoms with Gasteiger partial charge >= 0.3 is 0 Å². The van der Waals surface area contributed by atoms with Gasteiger partial charge in [-0.05, 0) is 31.3 Å². The molecule has 3 heteroatoms. The molecule has 3 nitrogen and oxygen atoms in total. The zero-order valence-electron chi connectivity index (χ0n) is 11.9. The van der Waals surface area contributed by atoms with E-state index < -0.39 is 0 Å². The molecule has 0 bridgehead atoms. The van der Waals surface area contributed by atoms with Crippen LogP contribution in [0.15, 0.2) is 48.5 Å². The second-order valence-corrected chi connectivity index (χ2v) is 4.81. The molecule has 0 aliphatic carbocycles. The molecule has 1 atom stereocenters. The van der Waals surface area contributed by atoms with Crippen LogP contribution in [0.5, 0.6) is 11.5 Å². The molecule has 0 radical (unpaired) electrons. The van der Waals surface area contributed by atoms with Gasteiger partial charge in [0.2, 0.25) is 0 Å². The lowest BCUT2D eigenvalue weighted by Gasteiger charge is -2.07. The van der Waals surface area contributed by atoms with Gasteiger partial charge in [0.25, 0.3) is 0 Å². The number of fused-ring (bicyclic) bond motifs is 1. The summed E-state index contributed by atoms with van der Waals surface area (Å²) in [6.07, 6.45) is 0. The number of hydrogen-bond acceptors (Lipinski definition) is 3. The fourth-order valence-electron chi connectivity index (χ4n) is 2.30. The van der Waals surface area contributed by atoms with E-state index in [-0.39, 0.29) is 6.04 Å². The first-order valence-corrected chi connectivity index (χ1v) is 6.97. The Morgan fingerprint density at radius 3 is 2.90 bits per heavy atom. The first-order chi connectivity index (χ1) is 10.4. The highest BCUT2D eigenvalue weighted by molar-refractivity contribution is 5.45. The van der Waals surface area contributed by atoms with E-state index in [9.17, 15) is 0 Å². The number of nitrogens with one attached hydrogen (secondary N) is 1. The lowest BCUT2D eigenvalue weighted by molar-refractivity contribution is 0.315. The van der Waals surface area contributed by atoms with Crippen molar-refractivity contribution >= 4 is 0 Å². The SMILES string of the molecule is CNC1COc2cc(OCC#Cc3ccccc3)ccc21. The molecule has 0 saturated heterocycles. The van der Waals surface area contributed by atoms with Crippen molar-refractivity contribution in [3.05, 3.63) is 59.7 Å². The van der Waals surface area contributed by atoms with Crippen LogP contribution in [-0.2, 0) is 0 Å². The number of likely N-dealkylation sites (N-methyl/N-ethyl adjacent to an activating group) is 1. The minimum atomic E-state index is 0.270. The van der Waals surface area contributed by atoms with Crippen LogP contribution < -0.4 is 14.8 Å². The minimum Gasteiger partial charge on any atom is -0.491 e. The summed E-state index contributed by atoms with van der Waals surface area (Å²) in [6.45, 7) is 1.03. The average molecular weight is 279 g/mol. The molecule has 0 aromatic heterocycles. The van der Waals surface area contributed by atoms with Gasteiger partial charge in [-0.2, -0.15) is 0 Å².